The van der Waals surface area contributed by atoms with Crippen molar-refractivity contribution in [1.29, 1.82) is 5.41 Å². The van der Waals surface area contributed by atoms with Crippen LogP contribution in [0.5, 0.6) is 11.5 Å². The average Bonchev–Trinajstić information content (AvgIpc) is 2.87. The number of benzene rings is 4. The zero-order valence-electron chi connectivity index (χ0n) is 19.2. The smallest absolute Gasteiger partial charge is 0.211 e. The highest BCUT2D eigenvalue weighted by Gasteiger charge is 2.31. The number of carbonyl (C=O) groups excluding carboxylic acids is 1. The lowest BCUT2D eigenvalue weighted by molar-refractivity contribution is 0.106. The molecule has 0 aromatic heterocycles. The number of hydrogen-bond donors (Lipinski definition) is 1. The average molecular weight is 444 g/mol. The van der Waals surface area contributed by atoms with Gasteiger partial charge in [0.25, 0.3) is 0 Å². The zero-order chi connectivity index (χ0) is 23.7. The standard InChI is InChI=1S/C31H25NO2/c1-21-11-13-23(14-12-21)31(2,22-7-4-3-5-8-22)24-15-17-25(18-16-24)34-29-10-6-9-27-26(29)19-20-28(32)30(27)33/h3-20,32H,1-2H3. The third kappa shape index (κ3) is 3.75. The molecule has 1 aliphatic carbocycles. The van der Waals surface area contributed by atoms with Crippen molar-refractivity contribution in [3.8, 4) is 11.5 Å². The minimum absolute atomic E-state index is 0.00898. The Morgan fingerprint density at radius 2 is 1.32 bits per heavy atom. The van der Waals surface area contributed by atoms with E-state index >= 15 is 0 Å². The van der Waals surface area contributed by atoms with E-state index in [2.05, 4.69) is 74.5 Å². The van der Waals surface area contributed by atoms with E-state index in [1.807, 2.05) is 24.3 Å². The van der Waals surface area contributed by atoms with E-state index in [-0.39, 0.29) is 16.9 Å². The molecule has 34 heavy (non-hydrogen) atoms. The summed E-state index contributed by atoms with van der Waals surface area (Å²) in [6.07, 6.45) is 3.29. The lowest BCUT2D eigenvalue weighted by atomic mass is 9.71. The van der Waals surface area contributed by atoms with Crippen molar-refractivity contribution in [3.05, 3.63) is 137 Å². The van der Waals surface area contributed by atoms with Crippen molar-refractivity contribution in [2.45, 2.75) is 19.3 Å². The molecule has 1 N–H and O–H groups in total. The summed E-state index contributed by atoms with van der Waals surface area (Å²) in [6, 6.07) is 32.8. The normalized spacial score (nSPS) is 14.4. The van der Waals surface area contributed by atoms with E-state index in [1.54, 1.807) is 18.2 Å². The SMILES string of the molecule is Cc1ccc(C(C)(c2ccccc2)c2ccc(Oc3cccc4c3C=CC(=N)C4=O)cc2)cc1. The Kier molecular flexibility index (Phi) is 5.46. The second-order valence-corrected chi connectivity index (χ2v) is 8.78. The van der Waals surface area contributed by atoms with Crippen LogP contribution < -0.4 is 4.74 Å². The van der Waals surface area contributed by atoms with Crippen LogP contribution in [0.15, 0.2) is 103 Å². The Morgan fingerprint density at radius 1 is 0.706 bits per heavy atom. The van der Waals surface area contributed by atoms with E-state index in [0.717, 1.165) is 5.56 Å². The zero-order valence-corrected chi connectivity index (χ0v) is 19.2. The number of rotatable bonds is 5. The summed E-state index contributed by atoms with van der Waals surface area (Å²) in [5, 5.41) is 7.78. The molecule has 0 aliphatic heterocycles. The number of Topliss-reactive ketones (excluding diaryl/α,β-unsaturated/α-hetero) is 1. The monoisotopic (exact) mass is 443 g/mol. The first-order valence-electron chi connectivity index (χ1n) is 11.3. The van der Waals surface area contributed by atoms with E-state index < -0.39 is 0 Å². The van der Waals surface area contributed by atoms with Crippen molar-refractivity contribution < 1.29 is 9.53 Å². The first-order chi connectivity index (χ1) is 16.5. The van der Waals surface area contributed by atoms with Gasteiger partial charge >= 0.3 is 0 Å². The van der Waals surface area contributed by atoms with Crippen LogP contribution in [0.1, 0.15) is 45.1 Å². The summed E-state index contributed by atoms with van der Waals surface area (Å²) in [6.45, 7) is 4.35. The number of hydrogen-bond acceptors (Lipinski definition) is 3. The van der Waals surface area contributed by atoms with Crippen LogP contribution in [0.4, 0.5) is 0 Å². The quantitative estimate of drug-likeness (QED) is 0.327. The number of aryl methyl sites for hydroxylation is 1. The molecule has 0 amide bonds. The van der Waals surface area contributed by atoms with Gasteiger partial charge in [-0.15, -0.1) is 0 Å². The topological polar surface area (TPSA) is 50.1 Å². The molecule has 1 aliphatic rings. The number of ketones is 1. The first-order valence-corrected chi connectivity index (χ1v) is 11.3. The maximum atomic E-state index is 12.3. The molecule has 166 valence electrons. The minimum atomic E-state index is -0.324. The molecule has 0 heterocycles. The Hall–Kier alpha value is -4.24. The van der Waals surface area contributed by atoms with Gasteiger partial charge in [-0.1, -0.05) is 84.4 Å². The van der Waals surface area contributed by atoms with Gasteiger partial charge in [0.2, 0.25) is 5.78 Å². The molecule has 0 saturated carbocycles. The van der Waals surface area contributed by atoms with Gasteiger partial charge in [-0.05, 0) is 60.9 Å². The van der Waals surface area contributed by atoms with Crippen LogP contribution in [0, 0.1) is 12.3 Å². The van der Waals surface area contributed by atoms with Crippen LogP contribution in [-0.4, -0.2) is 11.5 Å². The maximum absolute atomic E-state index is 12.3. The Morgan fingerprint density at radius 3 is 2.00 bits per heavy atom. The lowest BCUT2D eigenvalue weighted by Crippen LogP contribution is -2.25. The highest BCUT2D eigenvalue weighted by Crippen LogP contribution is 2.40. The number of carbonyl (C=O) groups is 1. The number of nitrogens with one attached hydrogen (secondary N) is 1. The summed E-state index contributed by atoms with van der Waals surface area (Å²) in [5.74, 6) is 1.01. The molecule has 0 spiro atoms. The summed E-state index contributed by atoms with van der Waals surface area (Å²) in [5.41, 5.74) is 5.71. The second-order valence-electron chi connectivity index (χ2n) is 8.78. The Labute approximate surface area is 199 Å². The summed E-state index contributed by atoms with van der Waals surface area (Å²) >= 11 is 0. The van der Waals surface area contributed by atoms with Crippen LogP contribution in [0.25, 0.3) is 6.08 Å². The minimum Gasteiger partial charge on any atom is -0.457 e. The van der Waals surface area contributed by atoms with E-state index in [4.69, 9.17) is 10.1 Å². The fraction of sp³-hybridized carbons (Fsp3) is 0.0968. The van der Waals surface area contributed by atoms with Gasteiger partial charge in [0.05, 0.1) is 0 Å². The highest BCUT2D eigenvalue weighted by molar-refractivity contribution is 6.51. The van der Waals surface area contributed by atoms with Crippen molar-refractivity contribution in [2.75, 3.05) is 0 Å². The Bertz CT molecular complexity index is 1400. The molecule has 0 fully saturated rings. The van der Waals surface area contributed by atoms with Gasteiger partial charge in [0.15, 0.2) is 0 Å². The molecule has 0 radical (unpaired) electrons. The largest absolute Gasteiger partial charge is 0.457 e. The lowest BCUT2D eigenvalue weighted by Gasteiger charge is -2.32. The fourth-order valence-electron chi connectivity index (χ4n) is 4.53. The predicted octanol–water partition coefficient (Wildman–Crippen LogP) is 7.37. The van der Waals surface area contributed by atoms with Crippen LogP contribution in [0.3, 0.4) is 0 Å². The van der Waals surface area contributed by atoms with Gasteiger partial charge in [0.1, 0.15) is 17.2 Å². The van der Waals surface area contributed by atoms with Crippen LogP contribution in [-0.2, 0) is 5.41 Å². The first kappa shape index (κ1) is 21.6. The van der Waals surface area contributed by atoms with Crippen molar-refractivity contribution in [1.82, 2.24) is 0 Å². The number of ether oxygens (including phenoxy) is 1. The number of allylic oxidation sites excluding steroid dienone is 1. The molecule has 1 atom stereocenters. The molecule has 0 bridgehead atoms. The molecule has 3 nitrogen and oxygen atoms in total. The summed E-state index contributed by atoms with van der Waals surface area (Å²) in [7, 11) is 0. The highest BCUT2D eigenvalue weighted by atomic mass is 16.5. The molecular formula is C31H25NO2. The fourth-order valence-corrected chi connectivity index (χ4v) is 4.53. The summed E-state index contributed by atoms with van der Waals surface area (Å²) in [4.78, 5) is 12.3. The van der Waals surface area contributed by atoms with Gasteiger partial charge < -0.3 is 4.74 Å². The van der Waals surface area contributed by atoms with Gasteiger partial charge in [0, 0.05) is 16.5 Å². The van der Waals surface area contributed by atoms with Gasteiger partial charge in [-0.3, -0.25) is 10.2 Å². The van der Waals surface area contributed by atoms with Crippen molar-refractivity contribution in [3.63, 3.8) is 0 Å². The van der Waals surface area contributed by atoms with E-state index in [1.165, 1.54) is 22.8 Å². The van der Waals surface area contributed by atoms with Crippen LogP contribution >= 0.6 is 0 Å². The van der Waals surface area contributed by atoms with E-state index in [0.29, 0.717) is 22.6 Å². The Balaban J connectivity index is 1.51. The van der Waals surface area contributed by atoms with Crippen molar-refractivity contribution >= 4 is 17.6 Å². The third-order valence-electron chi connectivity index (χ3n) is 6.61. The van der Waals surface area contributed by atoms with Gasteiger partial charge in [-0.2, -0.15) is 0 Å². The predicted molar refractivity (Wildman–Crippen MR) is 137 cm³/mol. The van der Waals surface area contributed by atoms with E-state index in [9.17, 15) is 4.79 Å². The van der Waals surface area contributed by atoms with Crippen molar-refractivity contribution in [2.24, 2.45) is 0 Å². The molecule has 4 aromatic carbocycles. The molecule has 4 aromatic rings. The molecule has 5 rings (SSSR count). The molecular weight excluding hydrogens is 418 g/mol. The van der Waals surface area contributed by atoms with Crippen LogP contribution in [0.2, 0.25) is 0 Å². The summed E-state index contributed by atoms with van der Waals surface area (Å²) < 4.78 is 6.18. The van der Waals surface area contributed by atoms with Gasteiger partial charge in [-0.25, -0.2) is 0 Å². The molecule has 3 heteroatoms. The maximum Gasteiger partial charge on any atom is 0.211 e. The third-order valence-corrected chi connectivity index (χ3v) is 6.61. The number of fused-ring (bicyclic) bond motifs is 1. The second kappa shape index (κ2) is 8.60. The molecule has 0 saturated heterocycles. The molecule has 1 unspecified atom stereocenters.